The first-order valence-electron chi connectivity index (χ1n) is 9.75. The van der Waals surface area contributed by atoms with Gasteiger partial charge in [-0.05, 0) is 89.2 Å². The van der Waals surface area contributed by atoms with Crippen LogP contribution in [0.4, 0.5) is 0 Å². The third-order valence-electron chi connectivity index (χ3n) is 7.91. The summed E-state index contributed by atoms with van der Waals surface area (Å²) in [5, 5.41) is 21.3. The molecule has 2 fully saturated rings. The highest BCUT2D eigenvalue weighted by atomic mass is 127. The molecule has 0 aliphatic heterocycles. The van der Waals surface area contributed by atoms with Crippen molar-refractivity contribution in [3.8, 4) is 5.75 Å². The maximum atomic E-state index is 11.5. The van der Waals surface area contributed by atoms with Crippen molar-refractivity contribution in [1.82, 2.24) is 0 Å². The fraction of sp³-hybridized carbons (Fsp3) is 0.636. The van der Waals surface area contributed by atoms with Gasteiger partial charge in [0.1, 0.15) is 5.75 Å². The first-order valence-corrected chi connectivity index (χ1v) is 11.0. The van der Waals surface area contributed by atoms with Crippen LogP contribution in [0.1, 0.15) is 63.0 Å². The Morgan fingerprint density at radius 2 is 2.12 bits per heavy atom. The maximum Gasteiger partial charge on any atom is 0.115 e. The van der Waals surface area contributed by atoms with E-state index in [4.69, 9.17) is 0 Å². The molecule has 0 unspecified atom stereocenters. The molecule has 0 amide bonds. The highest BCUT2D eigenvalue weighted by molar-refractivity contribution is 14.1. The molecule has 0 radical (unpaired) electrons. The second-order valence-corrected chi connectivity index (χ2v) is 9.48. The Bertz CT molecular complexity index is 699. The Labute approximate surface area is 164 Å². The molecule has 136 valence electrons. The van der Waals surface area contributed by atoms with Gasteiger partial charge < -0.3 is 10.2 Å². The molecule has 3 aliphatic rings. The zero-order chi connectivity index (χ0) is 17.8. The number of phenolic OH excluding ortho intramolecular Hbond substituents is 1. The van der Waals surface area contributed by atoms with E-state index in [0.29, 0.717) is 29.4 Å². The molecule has 0 heterocycles. The molecule has 1 aromatic carbocycles. The highest BCUT2D eigenvalue weighted by Crippen LogP contribution is 2.66. The van der Waals surface area contributed by atoms with Crippen LogP contribution in [0.5, 0.6) is 5.75 Å². The number of rotatable bonds is 2. The molecular weight excluding hydrogens is 423 g/mol. The SMILES string of the molecule is CC[C@H]1C[C@@]2(C)[C@@H](CC[C@@]2(O)/C=C/I)[C@@H]2CCc3cc(O)ccc3[C@@H]12. The second-order valence-electron chi connectivity index (χ2n) is 8.76. The van der Waals surface area contributed by atoms with Crippen LogP contribution in [-0.2, 0) is 6.42 Å². The molecule has 0 spiro atoms. The van der Waals surface area contributed by atoms with Crippen LogP contribution in [0.25, 0.3) is 0 Å². The monoisotopic (exact) mass is 452 g/mol. The van der Waals surface area contributed by atoms with Crippen LogP contribution in [0, 0.1) is 23.2 Å². The van der Waals surface area contributed by atoms with Gasteiger partial charge in [0, 0.05) is 5.41 Å². The summed E-state index contributed by atoms with van der Waals surface area (Å²) in [7, 11) is 0. The summed E-state index contributed by atoms with van der Waals surface area (Å²) in [6.45, 7) is 4.66. The summed E-state index contributed by atoms with van der Waals surface area (Å²) in [4.78, 5) is 0. The van der Waals surface area contributed by atoms with Crippen molar-refractivity contribution in [2.45, 2.75) is 63.9 Å². The summed E-state index contributed by atoms with van der Waals surface area (Å²) < 4.78 is 2.01. The fourth-order valence-electron chi connectivity index (χ4n) is 6.68. The highest BCUT2D eigenvalue weighted by Gasteiger charge is 2.62. The first kappa shape index (κ1) is 17.8. The minimum atomic E-state index is -0.646. The Morgan fingerprint density at radius 1 is 1.32 bits per heavy atom. The average Bonchev–Trinajstić information content (AvgIpc) is 2.85. The molecule has 1 aromatic rings. The van der Waals surface area contributed by atoms with E-state index < -0.39 is 5.60 Å². The van der Waals surface area contributed by atoms with E-state index in [1.165, 1.54) is 17.5 Å². The predicted octanol–water partition coefficient (Wildman–Crippen LogP) is 5.56. The van der Waals surface area contributed by atoms with E-state index in [9.17, 15) is 10.2 Å². The van der Waals surface area contributed by atoms with Gasteiger partial charge in [-0.25, -0.2) is 0 Å². The Balaban J connectivity index is 1.78. The van der Waals surface area contributed by atoms with Crippen molar-refractivity contribution in [2.75, 3.05) is 0 Å². The van der Waals surface area contributed by atoms with E-state index in [2.05, 4.69) is 48.6 Å². The summed E-state index contributed by atoms with van der Waals surface area (Å²) in [6, 6.07) is 6.03. The number of aryl methyl sites for hydroxylation is 1. The van der Waals surface area contributed by atoms with E-state index in [0.717, 1.165) is 32.1 Å². The average molecular weight is 452 g/mol. The van der Waals surface area contributed by atoms with E-state index in [-0.39, 0.29) is 5.41 Å². The number of aromatic hydroxyl groups is 1. The normalized spacial score (nSPS) is 42.9. The zero-order valence-corrected chi connectivity index (χ0v) is 17.4. The van der Waals surface area contributed by atoms with Crippen molar-refractivity contribution >= 4 is 22.6 Å². The van der Waals surface area contributed by atoms with Crippen LogP contribution in [0.3, 0.4) is 0 Å². The van der Waals surface area contributed by atoms with E-state index in [1.54, 1.807) is 0 Å². The van der Waals surface area contributed by atoms with Gasteiger partial charge in [0.05, 0.1) is 5.60 Å². The Morgan fingerprint density at radius 3 is 2.84 bits per heavy atom. The minimum absolute atomic E-state index is 0.00899. The number of hydrogen-bond acceptors (Lipinski definition) is 2. The molecular formula is C22H29IO2. The molecule has 4 rings (SSSR count). The lowest BCUT2D eigenvalue weighted by atomic mass is 9.49. The van der Waals surface area contributed by atoms with Gasteiger partial charge in [0.15, 0.2) is 0 Å². The van der Waals surface area contributed by atoms with E-state index in [1.807, 2.05) is 16.2 Å². The third kappa shape index (κ3) is 2.52. The van der Waals surface area contributed by atoms with Gasteiger partial charge >= 0.3 is 0 Å². The lowest BCUT2D eigenvalue weighted by molar-refractivity contribution is -0.0898. The first-order chi connectivity index (χ1) is 11.9. The van der Waals surface area contributed by atoms with Crippen molar-refractivity contribution in [3.05, 3.63) is 39.5 Å². The Hall–Kier alpha value is -0.550. The number of aliphatic hydroxyl groups is 1. The number of phenols is 1. The van der Waals surface area contributed by atoms with Crippen LogP contribution >= 0.6 is 22.6 Å². The van der Waals surface area contributed by atoms with Crippen LogP contribution in [0.15, 0.2) is 28.4 Å². The molecule has 0 bridgehead atoms. The Kier molecular flexibility index (Phi) is 4.47. The zero-order valence-electron chi connectivity index (χ0n) is 15.2. The van der Waals surface area contributed by atoms with Crippen LogP contribution in [-0.4, -0.2) is 15.8 Å². The van der Waals surface area contributed by atoms with Crippen LogP contribution < -0.4 is 0 Å². The summed E-state index contributed by atoms with van der Waals surface area (Å²) >= 11 is 2.25. The molecule has 2 saturated carbocycles. The van der Waals surface area contributed by atoms with Gasteiger partial charge in [-0.15, -0.1) is 0 Å². The smallest absolute Gasteiger partial charge is 0.115 e. The van der Waals surface area contributed by atoms with Gasteiger partial charge in [-0.2, -0.15) is 0 Å². The quantitative estimate of drug-likeness (QED) is 0.577. The largest absolute Gasteiger partial charge is 0.508 e. The summed E-state index contributed by atoms with van der Waals surface area (Å²) in [6.07, 6.45) is 8.63. The molecule has 0 aromatic heterocycles. The molecule has 3 heteroatoms. The van der Waals surface area contributed by atoms with E-state index >= 15 is 0 Å². The third-order valence-corrected chi connectivity index (χ3v) is 8.27. The van der Waals surface area contributed by atoms with Crippen molar-refractivity contribution in [2.24, 2.45) is 23.2 Å². The second kappa shape index (κ2) is 6.26. The molecule has 2 N–H and O–H groups in total. The summed E-state index contributed by atoms with van der Waals surface area (Å²) in [5.74, 6) is 2.87. The molecule has 25 heavy (non-hydrogen) atoms. The van der Waals surface area contributed by atoms with Crippen molar-refractivity contribution < 1.29 is 10.2 Å². The van der Waals surface area contributed by atoms with Gasteiger partial charge in [-0.3, -0.25) is 0 Å². The van der Waals surface area contributed by atoms with Crippen LogP contribution in [0.2, 0.25) is 0 Å². The standard InChI is InChI=1S/C22H29IO2/c1-3-14-13-21(2)19(8-9-22(21,25)10-11-23)18-6-4-15-12-16(24)5-7-17(15)20(14)18/h5,7,10-12,14,18-20,24-25H,3-4,6,8-9,13H2,1-2H3/b11-10+/t14-,18-,19-,20+,21-,22+/m0/s1. The lowest BCUT2D eigenvalue weighted by Gasteiger charge is -2.56. The van der Waals surface area contributed by atoms with Gasteiger partial charge in [0.2, 0.25) is 0 Å². The predicted molar refractivity (Wildman–Crippen MR) is 110 cm³/mol. The molecule has 3 aliphatic carbocycles. The minimum Gasteiger partial charge on any atom is -0.508 e. The topological polar surface area (TPSA) is 40.5 Å². The van der Waals surface area contributed by atoms with Crippen molar-refractivity contribution in [1.29, 1.82) is 0 Å². The summed E-state index contributed by atoms with van der Waals surface area (Å²) in [5.41, 5.74) is 2.17. The molecule has 2 nitrogen and oxygen atoms in total. The number of benzene rings is 1. The van der Waals surface area contributed by atoms with Gasteiger partial charge in [-0.1, -0.05) is 48.9 Å². The lowest BCUT2D eigenvalue weighted by Crippen LogP contribution is -2.52. The molecule has 0 saturated heterocycles. The number of hydrogen-bond donors (Lipinski definition) is 2. The van der Waals surface area contributed by atoms with Crippen molar-refractivity contribution in [3.63, 3.8) is 0 Å². The van der Waals surface area contributed by atoms with Gasteiger partial charge in [0.25, 0.3) is 0 Å². The number of halogens is 1. The number of fused-ring (bicyclic) bond motifs is 5. The molecule has 6 atom stereocenters. The fourth-order valence-corrected chi connectivity index (χ4v) is 7.28. The maximum absolute atomic E-state index is 11.5.